The first kappa shape index (κ1) is 11.8. The summed E-state index contributed by atoms with van der Waals surface area (Å²) in [6.07, 6.45) is 3.39. The van der Waals surface area contributed by atoms with Gasteiger partial charge in [-0.15, -0.1) is 0 Å². The zero-order valence-corrected chi connectivity index (χ0v) is 9.63. The lowest BCUT2D eigenvalue weighted by Gasteiger charge is -2.08. The Hall–Kier alpha value is -1.32. The van der Waals surface area contributed by atoms with Gasteiger partial charge < -0.3 is 5.32 Å². The van der Waals surface area contributed by atoms with Gasteiger partial charge in [-0.3, -0.25) is 9.89 Å². The third-order valence-corrected chi connectivity index (χ3v) is 2.64. The van der Waals surface area contributed by atoms with Crippen molar-refractivity contribution in [1.29, 1.82) is 0 Å². The molecule has 0 aromatic carbocycles. The molecule has 0 fully saturated rings. The number of aromatic nitrogens is 2. The van der Waals surface area contributed by atoms with Gasteiger partial charge in [-0.2, -0.15) is 5.10 Å². The van der Waals surface area contributed by atoms with Crippen LogP contribution in [0.25, 0.3) is 0 Å². The molecule has 1 amide bonds. The van der Waals surface area contributed by atoms with Crippen LogP contribution in [0.4, 0.5) is 0 Å². The van der Waals surface area contributed by atoms with Crippen molar-refractivity contribution in [2.45, 2.75) is 40.2 Å². The van der Waals surface area contributed by atoms with Crippen molar-refractivity contribution < 1.29 is 4.79 Å². The standard InChI is InChI=1S/C11H19N3O/c1-4-8(2)5-11(15)12-6-10-7-13-14-9(10)3/h7-8H,4-6H2,1-3H3,(H,12,15)(H,13,14). The molecule has 0 saturated carbocycles. The van der Waals surface area contributed by atoms with Crippen LogP contribution in [0.1, 0.15) is 37.9 Å². The maximum atomic E-state index is 11.5. The minimum absolute atomic E-state index is 0.116. The fourth-order valence-electron chi connectivity index (χ4n) is 1.28. The van der Waals surface area contributed by atoms with Crippen LogP contribution in [0.2, 0.25) is 0 Å². The van der Waals surface area contributed by atoms with Gasteiger partial charge in [-0.1, -0.05) is 20.3 Å². The molecule has 0 aliphatic carbocycles. The van der Waals surface area contributed by atoms with Crippen LogP contribution in [0, 0.1) is 12.8 Å². The zero-order valence-electron chi connectivity index (χ0n) is 9.63. The minimum atomic E-state index is 0.116. The Balaban J connectivity index is 2.31. The molecule has 0 bridgehead atoms. The fourth-order valence-corrected chi connectivity index (χ4v) is 1.28. The average Bonchev–Trinajstić information content (AvgIpc) is 2.61. The number of aromatic amines is 1. The number of carbonyl (C=O) groups is 1. The molecule has 15 heavy (non-hydrogen) atoms. The van der Waals surface area contributed by atoms with E-state index in [1.165, 1.54) is 0 Å². The first-order valence-electron chi connectivity index (χ1n) is 5.39. The van der Waals surface area contributed by atoms with E-state index in [4.69, 9.17) is 0 Å². The van der Waals surface area contributed by atoms with Gasteiger partial charge >= 0.3 is 0 Å². The Bertz CT molecular complexity index is 319. The molecular formula is C11H19N3O. The second kappa shape index (κ2) is 5.53. The molecule has 4 heteroatoms. The second-order valence-electron chi connectivity index (χ2n) is 4.01. The molecular weight excluding hydrogens is 190 g/mol. The number of nitrogens with zero attached hydrogens (tertiary/aromatic N) is 1. The summed E-state index contributed by atoms with van der Waals surface area (Å²) in [6, 6.07) is 0. The predicted octanol–water partition coefficient (Wildman–Crippen LogP) is 1.77. The number of hydrogen-bond donors (Lipinski definition) is 2. The third kappa shape index (κ3) is 3.73. The molecule has 1 unspecified atom stereocenters. The van der Waals surface area contributed by atoms with Crippen molar-refractivity contribution in [2.75, 3.05) is 0 Å². The van der Waals surface area contributed by atoms with Gasteiger partial charge in [-0.25, -0.2) is 0 Å². The molecule has 1 atom stereocenters. The van der Waals surface area contributed by atoms with Crippen molar-refractivity contribution in [1.82, 2.24) is 15.5 Å². The molecule has 0 saturated heterocycles. The molecule has 4 nitrogen and oxygen atoms in total. The highest BCUT2D eigenvalue weighted by molar-refractivity contribution is 5.76. The summed E-state index contributed by atoms with van der Waals surface area (Å²) >= 11 is 0. The number of nitrogens with one attached hydrogen (secondary N) is 2. The normalized spacial score (nSPS) is 12.5. The summed E-state index contributed by atoms with van der Waals surface area (Å²) in [7, 11) is 0. The lowest BCUT2D eigenvalue weighted by Crippen LogP contribution is -2.24. The molecule has 0 aliphatic heterocycles. The van der Waals surface area contributed by atoms with Gasteiger partial charge in [0.1, 0.15) is 0 Å². The van der Waals surface area contributed by atoms with E-state index in [2.05, 4.69) is 29.4 Å². The van der Waals surface area contributed by atoms with E-state index in [0.717, 1.165) is 17.7 Å². The maximum absolute atomic E-state index is 11.5. The smallest absolute Gasteiger partial charge is 0.220 e. The van der Waals surface area contributed by atoms with Crippen molar-refractivity contribution in [3.8, 4) is 0 Å². The maximum Gasteiger partial charge on any atom is 0.220 e. The molecule has 0 spiro atoms. The Labute approximate surface area is 90.5 Å². The first-order chi connectivity index (χ1) is 7.13. The van der Waals surface area contributed by atoms with Gasteiger partial charge in [0.2, 0.25) is 5.91 Å². The van der Waals surface area contributed by atoms with Crippen molar-refractivity contribution >= 4 is 5.91 Å². The fraction of sp³-hybridized carbons (Fsp3) is 0.636. The highest BCUT2D eigenvalue weighted by atomic mass is 16.1. The zero-order chi connectivity index (χ0) is 11.3. The Morgan fingerprint density at radius 2 is 2.40 bits per heavy atom. The van der Waals surface area contributed by atoms with Gasteiger partial charge in [0, 0.05) is 24.2 Å². The van der Waals surface area contributed by atoms with Crippen molar-refractivity contribution in [3.63, 3.8) is 0 Å². The molecule has 0 aliphatic rings. The van der Waals surface area contributed by atoms with Crippen molar-refractivity contribution in [2.24, 2.45) is 5.92 Å². The number of aryl methyl sites for hydroxylation is 1. The van der Waals surface area contributed by atoms with E-state index in [9.17, 15) is 4.79 Å². The number of amides is 1. The quantitative estimate of drug-likeness (QED) is 0.776. The molecule has 1 aromatic heterocycles. The Morgan fingerprint density at radius 1 is 1.67 bits per heavy atom. The van der Waals surface area contributed by atoms with Crippen LogP contribution in [-0.2, 0) is 11.3 Å². The van der Waals surface area contributed by atoms with Gasteiger partial charge in [0.15, 0.2) is 0 Å². The van der Waals surface area contributed by atoms with Crippen LogP contribution < -0.4 is 5.32 Å². The molecule has 1 heterocycles. The van der Waals surface area contributed by atoms with Crippen LogP contribution in [0.3, 0.4) is 0 Å². The third-order valence-electron chi connectivity index (χ3n) is 2.64. The summed E-state index contributed by atoms with van der Waals surface area (Å²) in [5, 5.41) is 9.64. The van der Waals surface area contributed by atoms with E-state index >= 15 is 0 Å². The summed E-state index contributed by atoms with van der Waals surface area (Å²) in [5.74, 6) is 0.570. The summed E-state index contributed by atoms with van der Waals surface area (Å²) in [4.78, 5) is 11.5. The lowest BCUT2D eigenvalue weighted by molar-refractivity contribution is -0.122. The molecule has 0 radical (unpaired) electrons. The summed E-state index contributed by atoms with van der Waals surface area (Å²) < 4.78 is 0. The number of H-pyrrole nitrogens is 1. The number of rotatable bonds is 5. The lowest BCUT2D eigenvalue weighted by atomic mass is 10.1. The molecule has 1 aromatic rings. The van der Waals surface area contributed by atoms with Crippen LogP contribution in [-0.4, -0.2) is 16.1 Å². The first-order valence-corrected chi connectivity index (χ1v) is 5.39. The molecule has 1 rings (SSSR count). The average molecular weight is 209 g/mol. The highest BCUT2D eigenvalue weighted by Gasteiger charge is 2.07. The van der Waals surface area contributed by atoms with Crippen LogP contribution in [0.5, 0.6) is 0 Å². The van der Waals surface area contributed by atoms with Crippen LogP contribution >= 0.6 is 0 Å². The van der Waals surface area contributed by atoms with Gasteiger partial charge in [0.05, 0.1) is 6.20 Å². The molecule has 84 valence electrons. The number of carbonyl (C=O) groups excluding carboxylic acids is 1. The SMILES string of the molecule is CCC(C)CC(=O)NCc1cn[nH]c1C. The van der Waals surface area contributed by atoms with E-state index in [-0.39, 0.29) is 5.91 Å². The van der Waals surface area contributed by atoms with E-state index < -0.39 is 0 Å². The van der Waals surface area contributed by atoms with Crippen LogP contribution in [0.15, 0.2) is 6.20 Å². The largest absolute Gasteiger partial charge is 0.352 e. The number of hydrogen-bond acceptors (Lipinski definition) is 2. The summed E-state index contributed by atoms with van der Waals surface area (Å²) in [5.41, 5.74) is 2.06. The van der Waals surface area contributed by atoms with Gasteiger partial charge in [-0.05, 0) is 12.8 Å². The van der Waals surface area contributed by atoms with E-state index in [0.29, 0.717) is 18.9 Å². The molecule has 2 N–H and O–H groups in total. The van der Waals surface area contributed by atoms with Gasteiger partial charge in [0.25, 0.3) is 0 Å². The van der Waals surface area contributed by atoms with E-state index in [1.54, 1.807) is 6.20 Å². The monoisotopic (exact) mass is 209 g/mol. The topological polar surface area (TPSA) is 57.8 Å². The van der Waals surface area contributed by atoms with E-state index in [1.807, 2.05) is 6.92 Å². The predicted molar refractivity (Wildman–Crippen MR) is 59.2 cm³/mol. The summed E-state index contributed by atoms with van der Waals surface area (Å²) in [6.45, 7) is 6.70. The van der Waals surface area contributed by atoms with Crippen molar-refractivity contribution in [3.05, 3.63) is 17.5 Å². The second-order valence-corrected chi connectivity index (χ2v) is 4.01. The minimum Gasteiger partial charge on any atom is -0.352 e. The Kier molecular flexibility index (Phi) is 4.34. The highest BCUT2D eigenvalue weighted by Crippen LogP contribution is 2.06. The Morgan fingerprint density at radius 3 is 2.93 bits per heavy atom.